The fraction of sp³-hybridized carbons (Fsp3) is 0.273. The lowest BCUT2D eigenvalue weighted by Crippen LogP contribution is -2.17. The van der Waals surface area contributed by atoms with E-state index in [9.17, 15) is 9.59 Å². The summed E-state index contributed by atoms with van der Waals surface area (Å²) in [7, 11) is 0. The van der Waals surface area contributed by atoms with Crippen molar-refractivity contribution in [3.63, 3.8) is 0 Å². The average Bonchev–Trinajstić information content (AvgIpc) is 2.62. The molecule has 0 unspecified atom stereocenters. The molecule has 0 spiro atoms. The Morgan fingerprint density at radius 1 is 0.654 bits per heavy atom. The van der Waals surface area contributed by atoms with Gasteiger partial charge < -0.3 is 10.6 Å². The van der Waals surface area contributed by atoms with Crippen LogP contribution in [0.25, 0.3) is 12.2 Å². The molecule has 0 saturated carbocycles. The number of rotatable bonds is 6. The molecule has 0 aliphatic carbocycles. The topological polar surface area (TPSA) is 58.2 Å². The fourth-order valence-corrected chi connectivity index (χ4v) is 2.12. The van der Waals surface area contributed by atoms with E-state index in [1.54, 1.807) is 0 Å². The summed E-state index contributed by atoms with van der Waals surface area (Å²) in [5, 5.41) is 5.75. The summed E-state index contributed by atoms with van der Waals surface area (Å²) in [4.78, 5) is 23.4. The number of amides is 2. The van der Waals surface area contributed by atoms with Crippen molar-refractivity contribution in [3.8, 4) is 0 Å². The molecule has 2 N–H and O–H groups in total. The summed E-state index contributed by atoms with van der Waals surface area (Å²) in [6.45, 7) is 7.47. The second kappa shape index (κ2) is 8.99. The second-order valence-corrected chi connectivity index (χ2v) is 6.87. The monoisotopic (exact) mass is 350 g/mol. The molecule has 0 fully saturated rings. The number of anilines is 2. The maximum Gasteiger partial charge on any atom is 0.226 e. The predicted octanol–water partition coefficient (Wildman–Crippen LogP) is 5.05. The first kappa shape index (κ1) is 19.4. The molecule has 26 heavy (non-hydrogen) atoms. The molecule has 2 rings (SSSR count). The van der Waals surface area contributed by atoms with Gasteiger partial charge >= 0.3 is 0 Å². The third-order valence-corrected chi connectivity index (χ3v) is 3.87. The van der Waals surface area contributed by atoms with Gasteiger partial charge in [0.15, 0.2) is 0 Å². The van der Waals surface area contributed by atoms with Gasteiger partial charge in [0.1, 0.15) is 0 Å². The summed E-state index contributed by atoms with van der Waals surface area (Å²) in [5.41, 5.74) is 3.69. The molecule has 0 radical (unpaired) electrons. The first-order valence-corrected chi connectivity index (χ1v) is 8.85. The number of carbonyl (C=O) groups is 2. The zero-order chi connectivity index (χ0) is 19.1. The molecule has 0 aliphatic heterocycles. The molecule has 0 saturated heterocycles. The van der Waals surface area contributed by atoms with E-state index in [0.29, 0.717) is 0 Å². The van der Waals surface area contributed by atoms with Crippen LogP contribution in [0.1, 0.15) is 38.8 Å². The maximum absolute atomic E-state index is 11.7. The van der Waals surface area contributed by atoms with Gasteiger partial charge in [0, 0.05) is 23.2 Å². The molecule has 2 aromatic rings. The molecule has 2 aromatic carbocycles. The Hall–Kier alpha value is -2.88. The lowest BCUT2D eigenvalue weighted by Gasteiger charge is -2.08. The van der Waals surface area contributed by atoms with Crippen LogP contribution in [0.5, 0.6) is 0 Å². The van der Waals surface area contributed by atoms with E-state index < -0.39 is 0 Å². The minimum Gasteiger partial charge on any atom is -0.326 e. The smallest absolute Gasteiger partial charge is 0.226 e. The zero-order valence-corrected chi connectivity index (χ0v) is 15.7. The van der Waals surface area contributed by atoms with Crippen molar-refractivity contribution in [2.45, 2.75) is 27.7 Å². The largest absolute Gasteiger partial charge is 0.326 e. The quantitative estimate of drug-likeness (QED) is 0.717. The summed E-state index contributed by atoms with van der Waals surface area (Å²) < 4.78 is 0. The highest BCUT2D eigenvalue weighted by Gasteiger charge is 2.07. The molecule has 0 heterocycles. The molecule has 0 aromatic heterocycles. The van der Waals surface area contributed by atoms with E-state index in [0.717, 1.165) is 22.5 Å². The number of benzene rings is 2. The molecular formula is C22H26N2O2. The summed E-state index contributed by atoms with van der Waals surface area (Å²) in [6.07, 6.45) is 4.02. The van der Waals surface area contributed by atoms with Gasteiger partial charge in [-0.1, -0.05) is 64.1 Å². The van der Waals surface area contributed by atoms with Crippen molar-refractivity contribution in [2.24, 2.45) is 11.8 Å². The van der Waals surface area contributed by atoms with E-state index in [1.165, 1.54) is 0 Å². The van der Waals surface area contributed by atoms with Gasteiger partial charge in [0.05, 0.1) is 0 Å². The first-order chi connectivity index (χ1) is 12.3. The SMILES string of the molecule is CC(C)C(=O)Nc1ccc(C=Cc2ccc(NC(=O)C(C)C)cc2)cc1. The van der Waals surface area contributed by atoms with Gasteiger partial charge in [-0.05, 0) is 35.4 Å². The van der Waals surface area contributed by atoms with Crippen LogP contribution in [0.4, 0.5) is 11.4 Å². The van der Waals surface area contributed by atoms with Crippen LogP contribution in [0, 0.1) is 11.8 Å². The normalized spacial score (nSPS) is 11.2. The Labute approximate surface area is 155 Å². The van der Waals surface area contributed by atoms with E-state index in [2.05, 4.69) is 10.6 Å². The van der Waals surface area contributed by atoms with Gasteiger partial charge in [-0.25, -0.2) is 0 Å². The van der Waals surface area contributed by atoms with Crippen molar-refractivity contribution in [2.75, 3.05) is 10.6 Å². The van der Waals surface area contributed by atoms with Crippen LogP contribution in [0.15, 0.2) is 48.5 Å². The second-order valence-electron chi connectivity index (χ2n) is 6.87. The lowest BCUT2D eigenvalue weighted by atomic mass is 10.1. The molecule has 136 valence electrons. The highest BCUT2D eigenvalue weighted by molar-refractivity contribution is 5.92. The van der Waals surface area contributed by atoms with Gasteiger partial charge in [-0.3, -0.25) is 9.59 Å². The number of hydrogen-bond donors (Lipinski definition) is 2. The number of nitrogens with one attached hydrogen (secondary N) is 2. The standard InChI is InChI=1S/C22H26N2O2/c1-15(2)21(25)23-19-11-7-17(8-12-19)5-6-18-9-13-20(14-10-18)24-22(26)16(3)4/h5-16H,1-4H3,(H,23,25)(H,24,26). The van der Waals surface area contributed by atoms with E-state index in [1.807, 2.05) is 88.4 Å². The minimum absolute atomic E-state index is 0.0120. The first-order valence-electron chi connectivity index (χ1n) is 8.85. The minimum atomic E-state index is -0.0390. The zero-order valence-electron chi connectivity index (χ0n) is 15.7. The Balaban J connectivity index is 1.96. The Bertz CT molecular complexity index is 705. The van der Waals surface area contributed by atoms with E-state index in [4.69, 9.17) is 0 Å². The van der Waals surface area contributed by atoms with Crippen LogP contribution in [0.2, 0.25) is 0 Å². The molecule has 4 heteroatoms. The highest BCUT2D eigenvalue weighted by Crippen LogP contribution is 2.16. The number of carbonyl (C=O) groups excluding carboxylic acids is 2. The third-order valence-electron chi connectivity index (χ3n) is 3.87. The molecule has 0 bridgehead atoms. The van der Waals surface area contributed by atoms with Crippen molar-refractivity contribution < 1.29 is 9.59 Å². The third kappa shape index (κ3) is 5.88. The predicted molar refractivity (Wildman–Crippen MR) is 109 cm³/mol. The van der Waals surface area contributed by atoms with Crippen molar-refractivity contribution in [1.82, 2.24) is 0 Å². The highest BCUT2D eigenvalue weighted by atomic mass is 16.2. The summed E-state index contributed by atoms with van der Waals surface area (Å²) >= 11 is 0. The molecule has 0 atom stereocenters. The molecule has 2 amide bonds. The Morgan fingerprint density at radius 3 is 1.23 bits per heavy atom. The molecule has 4 nitrogen and oxygen atoms in total. The molecule has 0 aliphatic rings. The fourth-order valence-electron chi connectivity index (χ4n) is 2.12. The van der Waals surface area contributed by atoms with Gasteiger partial charge in [0.2, 0.25) is 11.8 Å². The van der Waals surface area contributed by atoms with Gasteiger partial charge in [0.25, 0.3) is 0 Å². The van der Waals surface area contributed by atoms with Gasteiger partial charge in [-0.15, -0.1) is 0 Å². The molecular weight excluding hydrogens is 324 g/mol. The van der Waals surface area contributed by atoms with Crippen molar-refractivity contribution in [1.29, 1.82) is 0 Å². The van der Waals surface area contributed by atoms with Crippen molar-refractivity contribution >= 4 is 35.3 Å². The van der Waals surface area contributed by atoms with Gasteiger partial charge in [-0.2, -0.15) is 0 Å². The lowest BCUT2D eigenvalue weighted by molar-refractivity contribution is -0.119. The van der Waals surface area contributed by atoms with Crippen LogP contribution < -0.4 is 10.6 Å². The van der Waals surface area contributed by atoms with Crippen molar-refractivity contribution in [3.05, 3.63) is 59.7 Å². The van der Waals surface area contributed by atoms with Crippen LogP contribution in [-0.4, -0.2) is 11.8 Å². The maximum atomic E-state index is 11.7. The average molecular weight is 350 g/mol. The van der Waals surface area contributed by atoms with Crippen LogP contribution in [-0.2, 0) is 9.59 Å². The Morgan fingerprint density at radius 2 is 0.962 bits per heavy atom. The van der Waals surface area contributed by atoms with E-state index in [-0.39, 0.29) is 23.7 Å². The van der Waals surface area contributed by atoms with Crippen LogP contribution >= 0.6 is 0 Å². The van der Waals surface area contributed by atoms with Crippen LogP contribution in [0.3, 0.4) is 0 Å². The van der Waals surface area contributed by atoms with E-state index >= 15 is 0 Å². The number of hydrogen-bond acceptors (Lipinski definition) is 2. The summed E-state index contributed by atoms with van der Waals surface area (Å²) in [5.74, 6) is -0.0541. The summed E-state index contributed by atoms with van der Waals surface area (Å²) in [6, 6.07) is 15.4. The Kier molecular flexibility index (Phi) is 6.73.